The quantitative estimate of drug-likeness (QED) is 0.141. The number of aromatic nitrogens is 1. The van der Waals surface area contributed by atoms with Gasteiger partial charge in [0.05, 0.1) is 16.5 Å². The molecule has 2 heterocycles. The first-order chi connectivity index (χ1) is 16.4. The summed E-state index contributed by atoms with van der Waals surface area (Å²) >= 11 is 0. The Labute approximate surface area is 194 Å². The van der Waals surface area contributed by atoms with Crippen molar-refractivity contribution < 1.29 is 24.4 Å². The lowest BCUT2D eigenvalue weighted by molar-refractivity contribution is -0.384. The van der Waals surface area contributed by atoms with Crippen LogP contribution in [0.3, 0.4) is 0 Å². The average molecular weight is 457 g/mol. The number of pyridine rings is 1. The minimum Gasteiger partial charge on any atom is -0.507 e. The highest BCUT2D eigenvalue weighted by atomic mass is 16.6. The van der Waals surface area contributed by atoms with Crippen LogP contribution in [-0.4, -0.2) is 33.3 Å². The van der Waals surface area contributed by atoms with Crippen molar-refractivity contribution in [1.29, 1.82) is 0 Å². The molecule has 4 rings (SSSR count). The van der Waals surface area contributed by atoms with E-state index in [-0.39, 0.29) is 28.2 Å². The first kappa shape index (κ1) is 22.4. The molecule has 34 heavy (non-hydrogen) atoms. The maximum atomic E-state index is 13.1. The van der Waals surface area contributed by atoms with Crippen LogP contribution >= 0.6 is 0 Å². The molecule has 9 heteroatoms. The van der Waals surface area contributed by atoms with Crippen molar-refractivity contribution in [3.63, 3.8) is 0 Å². The number of anilines is 1. The summed E-state index contributed by atoms with van der Waals surface area (Å²) in [5.74, 6) is -1.54. The van der Waals surface area contributed by atoms with Crippen molar-refractivity contribution >= 4 is 29.0 Å². The van der Waals surface area contributed by atoms with E-state index in [0.717, 1.165) is 4.90 Å². The summed E-state index contributed by atoms with van der Waals surface area (Å²) in [6.45, 7) is 3.88. The van der Waals surface area contributed by atoms with Crippen molar-refractivity contribution in [1.82, 2.24) is 4.98 Å². The number of amides is 1. The molecule has 0 unspecified atom stereocenters. The molecule has 0 bridgehead atoms. The Morgan fingerprint density at radius 3 is 2.56 bits per heavy atom. The van der Waals surface area contributed by atoms with Gasteiger partial charge >= 0.3 is 5.91 Å². The van der Waals surface area contributed by atoms with Crippen LogP contribution < -0.4 is 9.64 Å². The molecule has 170 valence electrons. The summed E-state index contributed by atoms with van der Waals surface area (Å²) in [5.41, 5.74) is 0.149. The van der Waals surface area contributed by atoms with Crippen molar-refractivity contribution in [2.24, 2.45) is 0 Å². The summed E-state index contributed by atoms with van der Waals surface area (Å²) in [6, 6.07) is 15.6. The molecule has 9 nitrogen and oxygen atoms in total. The fourth-order valence-electron chi connectivity index (χ4n) is 3.71. The third-order valence-corrected chi connectivity index (χ3v) is 5.23. The van der Waals surface area contributed by atoms with E-state index in [1.165, 1.54) is 24.4 Å². The summed E-state index contributed by atoms with van der Waals surface area (Å²) in [7, 11) is 0. The van der Waals surface area contributed by atoms with E-state index >= 15 is 0 Å². The summed E-state index contributed by atoms with van der Waals surface area (Å²) in [6.07, 6.45) is 3.05. The number of ketones is 1. The number of hydrogen-bond acceptors (Lipinski definition) is 7. The second-order valence-corrected chi connectivity index (χ2v) is 7.33. The SMILES string of the molecule is C=CCOc1ccc(/C(O)=C2\C(=O)C(=O)N(c3ccccn3)[C@H]2c2cccc([N+](=O)[O-])c2)cc1. The molecular formula is C25H19N3O6. The number of ether oxygens (including phenoxy) is 1. The van der Waals surface area contributed by atoms with Gasteiger partial charge in [-0.25, -0.2) is 4.98 Å². The predicted molar refractivity (Wildman–Crippen MR) is 124 cm³/mol. The van der Waals surface area contributed by atoms with Crippen LogP contribution in [0, 0.1) is 10.1 Å². The zero-order chi connectivity index (χ0) is 24.2. The number of rotatable bonds is 7. The maximum Gasteiger partial charge on any atom is 0.301 e. The minimum absolute atomic E-state index is 0.174. The van der Waals surface area contributed by atoms with Gasteiger partial charge in [0.25, 0.3) is 11.5 Å². The van der Waals surface area contributed by atoms with Gasteiger partial charge < -0.3 is 9.84 Å². The van der Waals surface area contributed by atoms with E-state index < -0.39 is 28.4 Å². The molecule has 3 aromatic rings. The number of nitro groups is 1. The summed E-state index contributed by atoms with van der Waals surface area (Å²) in [4.78, 5) is 42.3. The van der Waals surface area contributed by atoms with Gasteiger partial charge in [0.2, 0.25) is 0 Å². The van der Waals surface area contributed by atoms with Gasteiger partial charge in [0.1, 0.15) is 23.9 Å². The molecule has 1 aromatic heterocycles. The van der Waals surface area contributed by atoms with E-state index in [1.54, 1.807) is 54.6 Å². The Balaban J connectivity index is 1.88. The van der Waals surface area contributed by atoms with Gasteiger partial charge in [-0.3, -0.25) is 24.6 Å². The topological polar surface area (TPSA) is 123 Å². The van der Waals surface area contributed by atoms with Crippen LogP contribution in [0.5, 0.6) is 5.75 Å². The molecule has 1 aliphatic rings. The Bertz CT molecular complexity index is 1300. The Morgan fingerprint density at radius 1 is 1.15 bits per heavy atom. The molecule has 0 aliphatic carbocycles. The van der Waals surface area contributed by atoms with Crippen molar-refractivity contribution in [2.75, 3.05) is 11.5 Å². The largest absolute Gasteiger partial charge is 0.507 e. The molecular weight excluding hydrogens is 438 g/mol. The zero-order valence-electron chi connectivity index (χ0n) is 17.8. The molecule has 2 aromatic carbocycles. The number of nitro benzene ring substituents is 1. The lowest BCUT2D eigenvalue weighted by Gasteiger charge is -2.24. The van der Waals surface area contributed by atoms with Crippen molar-refractivity contribution in [3.8, 4) is 5.75 Å². The van der Waals surface area contributed by atoms with Gasteiger partial charge in [-0.05, 0) is 42.0 Å². The zero-order valence-corrected chi connectivity index (χ0v) is 17.8. The van der Waals surface area contributed by atoms with Gasteiger partial charge in [-0.1, -0.05) is 30.9 Å². The highest BCUT2D eigenvalue weighted by molar-refractivity contribution is 6.51. The summed E-state index contributed by atoms with van der Waals surface area (Å²) in [5, 5.41) is 22.5. The predicted octanol–water partition coefficient (Wildman–Crippen LogP) is 4.18. The Kier molecular flexibility index (Phi) is 6.18. The Morgan fingerprint density at radius 2 is 1.91 bits per heavy atom. The van der Waals surface area contributed by atoms with Crippen LogP contribution in [0.15, 0.2) is 91.2 Å². The lowest BCUT2D eigenvalue weighted by atomic mass is 9.95. The van der Waals surface area contributed by atoms with Crippen LogP contribution in [0.1, 0.15) is 17.2 Å². The summed E-state index contributed by atoms with van der Waals surface area (Å²) < 4.78 is 5.44. The highest BCUT2D eigenvalue weighted by Gasteiger charge is 2.47. The molecule has 1 saturated heterocycles. The number of hydrogen-bond donors (Lipinski definition) is 1. The Hall–Kier alpha value is -4.79. The number of aliphatic hydroxyl groups is 1. The van der Waals surface area contributed by atoms with Crippen molar-refractivity contribution in [3.05, 3.63) is 112 Å². The van der Waals surface area contributed by atoms with Crippen LogP contribution in [-0.2, 0) is 9.59 Å². The molecule has 1 aliphatic heterocycles. The first-order valence-corrected chi connectivity index (χ1v) is 10.2. The third-order valence-electron chi connectivity index (χ3n) is 5.23. The number of benzene rings is 2. The fraction of sp³-hybridized carbons (Fsp3) is 0.0800. The smallest absolute Gasteiger partial charge is 0.301 e. The average Bonchev–Trinajstić information content (AvgIpc) is 3.13. The molecule has 1 amide bonds. The molecule has 1 atom stereocenters. The number of nitrogens with zero attached hydrogens (tertiary/aromatic N) is 3. The second kappa shape index (κ2) is 9.37. The molecule has 1 fully saturated rings. The van der Waals surface area contributed by atoms with Gasteiger partial charge in [-0.15, -0.1) is 0 Å². The van der Waals surface area contributed by atoms with E-state index in [1.807, 2.05) is 0 Å². The van der Waals surface area contributed by atoms with Gasteiger partial charge in [0, 0.05) is 23.9 Å². The van der Waals surface area contributed by atoms with Crippen LogP contribution in [0.2, 0.25) is 0 Å². The minimum atomic E-state index is -1.12. The van der Waals surface area contributed by atoms with Crippen LogP contribution in [0.4, 0.5) is 11.5 Å². The van der Waals surface area contributed by atoms with E-state index in [2.05, 4.69) is 11.6 Å². The van der Waals surface area contributed by atoms with Gasteiger partial charge in [0.15, 0.2) is 0 Å². The van der Waals surface area contributed by atoms with Crippen molar-refractivity contribution in [2.45, 2.75) is 6.04 Å². The molecule has 0 saturated carbocycles. The van der Waals surface area contributed by atoms with E-state index in [4.69, 9.17) is 4.74 Å². The highest BCUT2D eigenvalue weighted by Crippen LogP contribution is 2.42. The normalized spacial score (nSPS) is 16.9. The van der Waals surface area contributed by atoms with E-state index in [9.17, 15) is 24.8 Å². The number of Topliss-reactive ketones (excluding diaryl/α,β-unsaturated/α-hetero) is 1. The lowest BCUT2D eigenvalue weighted by Crippen LogP contribution is -2.30. The molecule has 0 spiro atoms. The monoisotopic (exact) mass is 457 g/mol. The second-order valence-electron chi connectivity index (χ2n) is 7.33. The van der Waals surface area contributed by atoms with Gasteiger partial charge in [-0.2, -0.15) is 0 Å². The number of carbonyl (C=O) groups excluding carboxylic acids is 2. The third kappa shape index (κ3) is 4.14. The first-order valence-electron chi connectivity index (χ1n) is 10.2. The number of carbonyl (C=O) groups is 2. The van der Waals surface area contributed by atoms with E-state index in [0.29, 0.717) is 12.4 Å². The number of non-ortho nitro benzene ring substituents is 1. The maximum absolute atomic E-state index is 13.1. The fourth-order valence-corrected chi connectivity index (χ4v) is 3.71. The van der Waals surface area contributed by atoms with Crippen LogP contribution in [0.25, 0.3) is 5.76 Å². The molecule has 0 radical (unpaired) electrons. The molecule has 1 N–H and O–H groups in total. The standard InChI is InChI=1S/C25H19N3O6/c1-2-14-34-19-11-9-16(10-12-19)23(29)21-22(17-6-5-7-18(15-17)28(32)33)27(25(31)24(21)30)20-8-3-4-13-26-20/h2-13,15,22,29H,1,14H2/b23-21+/t22-/m0/s1. The number of aliphatic hydroxyl groups excluding tert-OH is 1.